The number of anilines is 2. The van der Waals surface area contributed by atoms with Crippen LogP contribution < -0.4 is 15.8 Å². The SMILES string of the molecule is CCC/C=C(/CN)c1cccnc1Nc1ccc(OC(F)(F)F)cc1. The summed E-state index contributed by atoms with van der Waals surface area (Å²) >= 11 is 0. The van der Waals surface area contributed by atoms with Gasteiger partial charge < -0.3 is 15.8 Å². The summed E-state index contributed by atoms with van der Waals surface area (Å²) in [5.41, 5.74) is 8.27. The van der Waals surface area contributed by atoms with Crippen LogP contribution in [0.1, 0.15) is 25.3 Å². The molecule has 0 fully saturated rings. The van der Waals surface area contributed by atoms with Crippen molar-refractivity contribution in [2.75, 3.05) is 11.9 Å². The lowest BCUT2D eigenvalue weighted by Crippen LogP contribution is -2.17. The lowest BCUT2D eigenvalue weighted by atomic mass is 10.0. The fraction of sp³-hybridized carbons (Fsp3) is 0.278. The molecule has 134 valence electrons. The highest BCUT2D eigenvalue weighted by molar-refractivity contribution is 5.77. The number of nitrogens with two attached hydrogens (primary N) is 1. The van der Waals surface area contributed by atoms with E-state index in [9.17, 15) is 13.2 Å². The fourth-order valence-corrected chi connectivity index (χ4v) is 2.26. The van der Waals surface area contributed by atoms with E-state index in [1.54, 1.807) is 6.20 Å². The number of allylic oxidation sites excluding steroid dienone is 1. The van der Waals surface area contributed by atoms with Crippen molar-refractivity contribution in [1.82, 2.24) is 4.98 Å². The molecule has 0 spiro atoms. The van der Waals surface area contributed by atoms with Crippen LogP contribution in [0.4, 0.5) is 24.7 Å². The minimum atomic E-state index is -4.71. The average Bonchev–Trinajstić information content (AvgIpc) is 2.57. The summed E-state index contributed by atoms with van der Waals surface area (Å²) < 4.78 is 40.5. The van der Waals surface area contributed by atoms with Gasteiger partial charge in [-0.05, 0) is 48.4 Å². The molecule has 0 aliphatic heterocycles. The number of aromatic nitrogens is 1. The zero-order chi connectivity index (χ0) is 18.3. The van der Waals surface area contributed by atoms with Gasteiger partial charge in [-0.3, -0.25) is 0 Å². The van der Waals surface area contributed by atoms with E-state index in [2.05, 4.69) is 28.0 Å². The molecule has 7 heteroatoms. The number of hydrogen-bond donors (Lipinski definition) is 2. The molecular weight excluding hydrogens is 331 g/mol. The lowest BCUT2D eigenvalue weighted by molar-refractivity contribution is -0.274. The predicted molar refractivity (Wildman–Crippen MR) is 92.6 cm³/mol. The molecule has 4 nitrogen and oxygen atoms in total. The number of nitrogens with one attached hydrogen (secondary N) is 1. The van der Waals surface area contributed by atoms with Gasteiger partial charge in [-0.2, -0.15) is 0 Å². The first-order chi connectivity index (χ1) is 11.9. The van der Waals surface area contributed by atoms with Gasteiger partial charge >= 0.3 is 6.36 Å². The van der Waals surface area contributed by atoms with Crippen LogP contribution in [0.3, 0.4) is 0 Å². The first kappa shape index (κ1) is 18.8. The van der Waals surface area contributed by atoms with Crippen LogP contribution >= 0.6 is 0 Å². The third-order valence-corrected chi connectivity index (χ3v) is 3.40. The van der Waals surface area contributed by atoms with E-state index in [0.29, 0.717) is 18.1 Å². The van der Waals surface area contributed by atoms with Crippen LogP contribution in [0.2, 0.25) is 0 Å². The molecule has 2 rings (SSSR count). The van der Waals surface area contributed by atoms with Crippen molar-refractivity contribution in [2.45, 2.75) is 26.1 Å². The summed E-state index contributed by atoms with van der Waals surface area (Å²) in [5.74, 6) is 0.324. The second kappa shape index (κ2) is 8.53. The largest absolute Gasteiger partial charge is 0.573 e. The Hall–Kier alpha value is -2.54. The quantitative estimate of drug-likeness (QED) is 0.747. The van der Waals surface area contributed by atoms with Gasteiger partial charge in [-0.1, -0.05) is 19.4 Å². The third kappa shape index (κ3) is 5.79. The van der Waals surface area contributed by atoms with E-state index in [0.717, 1.165) is 24.0 Å². The van der Waals surface area contributed by atoms with Crippen LogP contribution in [0.15, 0.2) is 48.7 Å². The molecule has 2 aromatic rings. The molecule has 0 atom stereocenters. The van der Waals surface area contributed by atoms with Crippen LogP contribution in [0, 0.1) is 0 Å². The number of rotatable bonds is 7. The number of unbranched alkanes of at least 4 members (excludes halogenated alkanes) is 1. The van der Waals surface area contributed by atoms with E-state index in [4.69, 9.17) is 5.73 Å². The summed E-state index contributed by atoms with van der Waals surface area (Å²) in [6.07, 6.45) is 0.921. The minimum Gasteiger partial charge on any atom is -0.406 e. The average molecular weight is 351 g/mol. The molecule has 0 unspecified atom stereocenters. The van der Waals surface area contributed by atoms with Crippen molar-refractivity contribution < 1.29 is 17.9 Å². The van der Waals surface area contributed by atoms with Gasteiger partial charge in [0.2, 0.25) is 0 Å². The van der Waals surface area contributed by atoms with Gasteiger partial charge in [0, 0.05) is 24.0 Å². The maximum Gasteiger partial charge on any atom is 0.573 e. The number of ether oxygens (including phenoxy) is 1. The molecule has 1 aromatic carbocycles. The molecule has 0 aliphatic carbocycles. The Bertz CT molecular complexity index is 712. The Kier molecular flexibility index (Phi) is 6.41. The number of halogens is 3. The standard InChI is InChI=1S/C18H20F3N3O/c1-2-3-5-13(12-22)16-6-4-11-23-17(16)24-14-7-9-15(10-8-14)25-18(19,20)21/h4-11H,2-3,12,22H2,1H3,(H,23,24)/b13-5-. The van der Waals surface area contributed by atoms with Crippen LogP contribution in [-0.2, 0) is 0 Å². The molecule has 0 saturated heterocycles. The molecule has 3 N–H and O–H groups in total. The normalized spacial score (nSPS) is 12.1. The lowest BCUT2D eigenvalue weighted by Gasteiger charge is -2.14. The molecule has 0 bridgehead atoms. The van der Waals surface area contributed by atoms with Gasteiger partial charge in [0.25, 0.3) is 0 Å². The van der Waals surface area contributed by atoms with Gasteiger partial charge in [0.1, 0.15) is 11.6 Å². The highest BCUT2D eigenvalue weighted by atomic mass is 19.4. The van der Waals surface area contributed by atoms with Crippen LogP contribution in [0.25, 0.3) is 5.57 Å². The first-order valence-electron chi connectivity index (χ1n) is 7.90. The van der Waals surface area contributed by atoms with Crippen LogP contribution in [0.5, 0.6) is 5.75 Å². The second-order valence-electron chi connectivity index (χ2n) is 5.32. The summed E-state index contributed by atoms with van der Waals surface area (Å²) in [6, 6.07) is 9.21. The smallest absolute Gasteiger partial charge is 0.406 e. The predicted octanol–water partition coefficient (Wildman–Crippen LogP) is 4.87. The van der Waals surface area contributed by atoms with Crippen LogP contribution in [-0.4, -0.2) is 17.9 Å². The Morgan fingerprint density at radius 1 is 1.24 bits per heavy atom. The van der Waals surface area contributed by atoms with Gasteiger partial charge in [-0.15, -0.1) is 13.2 Å². The Labute approximate surface area is 144 Å². The maximum atomic E-state index is 12.2. The molecule has 0 amide bonds. The van der Waals surface area contributed by atoms with Crippen molar-refractivity contribution in [3.63, 3.8) is 0 Å². The molecular formula is C18H20F3N3O. The Morgan fingerprint density at radius 3 is 2.56 bits per heavy atom. The molecule has 1 aromatic heterocycles. The van der Waals surface area contributed by atoms with Crippen molar-refractivity contribution in [3.05, 3.63) is 54.2 Å². The molecule has 0 radical (unpaired) electrons. The fourth-order valence-electron chi connectivity index (χ4n) is 2.26. The number of hydrogen-bond acceptors (Lipinski definition) is 4. The number of nitrogens with zero attached hydrogens (tertiary/aromatic N) is 1. The van der Waals surface area contributed by atoms with Crippen molar-refractivity contribution >= 4 is 17.1 Å². The number of pyridine rings is 1. The third-order valence-electron chi connectivity index (χ3n) is 3.40. The van der Waals surface area contributed by atoms with Crippen molar-refractivity contribution in [3.8, 4) is 5.75 Å². The van der Waals surface area contributed by atoms with E-state index in [1.807, 2.05) is 12.1 Å². The van der Waals surface area contributed by atoms with Gasteiger partial charge in [0.15, 0.2) is 0 Å². The maximum absolute atomic E-state index is 12.2. The molecule has 25 heavy (non-hydrogen) atoms. The summed E-state index contributed by atoms with van der Waals surface area (Å²) in [5, 5.41) is 3.11. The summed E-state index contributed by atoms with van der Waals surface area (Å²) in [6.45, 7) is 2.45. The second-order valence-corrected chi connectivity index (χ2v) is 5.32. The van der Waals surface area contributed by atoms with Gasteiger partial charge in [0.05, 0.1) is 0 Å². The minimum absolute atomic E-state index is 0.273. The van der Waals surface area contributed by atoms with Gasteiger partial charge in [-0.25, -0.2) is 4.98 Å². The highest BCUT2D eigenvalue weighted by Crippen LogP contribution is 2.27. The molecule has 0 aliphatic rings. The Balaban J connectivity index is 2.20. The topological polar surface area (TPSA) is 60.2 Å². The molecule has 0 saturated carbocycles. The molecule has 1 heterocycles. The van der Waals surface area contributed by atoms with E-state index >= 15 is 0 Å². The van der Waals surface area contributed by atoms with E-state index < -0.39 is 6.36 Å². The van der Waals surface area contributed by atoms with E-state index in [-0.39, 0.29) is 5.75 Å². The summed E-state index contributed by atoms with van der Waals surface area (Å²) in [4.78, 5) is 4.31. The van der Waals surface area contributed by atoms with Crippen molar-refractivity contribution in [1.29, 1.82) is 0 Å². The van der Waals surface area contributed by atoms with Crippen molar-refractivity contribution in [2.24, 2.45) is 5.73 Å². The number of alkyl halides is 3. The summed E-state index contributed by atoms with van der Waals surface area (Å²) in [7, 11) is 0. The zero-order valence-corrected chi connectivity index (χ0v) is 13.8. The first-order valence-corrected chi connectivity index (χ1v) is 7.90. The van der Waals surface area contributed by atoms with E-state index in [1.165, 1.54) is 24.3 Å². The monoisotopic (exact) mass is 351 g/mol. The Morgan fingerprint density at radius 2 is 1.96 bits per heavy atom. The zero-order valence-electron chi connectivity index (χ0n) is 13.8. The number of benzene rings is 1. The highest BCUT2D eigenvalue weighted by Gasteiger charge is 2.30.